The van der Waals surface area contributed by atoms with Gasteiger partial charge in [0.1, 0.15) is 22.1 Å². The number of hydrogen-bond acceptors (Lipinski definition) is 6. The van der Waals surface area contributed by atoms with Gasteiger partial charge in [-0.2, -0.15) is 10.2 Å². The Morgan fingerprint density at radius 3 is 2.57 bits per heavy atom. The van der Waals surface area contributed by atoms with Crippen molar-refractivity contribution in [3.8, 4) is 11.1 Å². The van der Waals surface area contributed by atoms with Crippen LogP contribution in [0.4, 0.5) is 14.5 Å². The summed E-state index contributed by atoms with van der Waals surface area (Å²) in [6.45, 7) is 0.298. The van der Waals surface area contributed by atoms with Crippen LogP contribution in [0.25, 0.3) is 21.3 Å². The molecule has 4 heterocycles. The van der Waals surface area contributed by atoms with Gasteiger partial charge in [-0.05, 0) is 29.3 Å². The van der Waals surface area contributed by atoms with Crippen LogP contribution in [0.3, 0.4) is 0 Å². The number of rotatable bonds is 7. The number of hydrogen-bond donors (Lipinski definition) is 2. The van der Waals surface area contributed by atoms with E-state index in [-0.39, 0.29) is 21.1 Å². The lowest BCUT2D eigenvalue weighted by atomic mass is 10.0. The number of halogens is 2. The number of fused-ring (bicyclic) bond motifs is 1. The first-order valence-corrected chi connectivity index (χ1v) is 11.2. The molecule has 9 nitrogen and oxygen atoms in total. The molecule has 0 saturated heterocycles. The molecule has 0 aliphatic rings. The number of nitrogens with two attached hydrogens (primary N) is 1. The molecule has 2 amide bonds. The summed E-state index contributed by atoms with van der Waals surface area (Å²) in [4.78, 5) is 29.5. The lowest BCUT2D eigenvalue weighted by Crippen LogP contribution is -2.18. The summed E-state index contributed by atoms with van der Waals surface area (Å²) in [5, 5.41) is 11.4. The summed E-state index contributed by atoms with van der Waals surface area (Å²) in [6, 6.07) is 13.3. The van der Waals surface area contributed by atoms with Crippen molar-refractivity contribution in [1.82, 2.24) is 24.5 Å². The third-order valence-corrected chi connectivity index (χ3v) is 6.27. The van der Waals surface area contributed by atoms with Gasteiger partial charge in [0.15, 0.2) is 5.69 Å². The van der Waals surface area contributed by atoms with Crippen LogP contribution in [0.1, 0.15) is 32.3 Å². The summed E-state index contributed by atoms with van der Waals surface area (Å²) in [7, 11) is 0. The Hall–Kier alpha value is -4.45. The van der Waals surface area contributed by atoms with Gasteiger partial charge in [0.25, 0.3) is 18.2 Å². The van der Waals surface area contributed by atoms with Crippen LogP contribution in [0, 0.1) is 0 Å². The molecule has 0 bridgehead atoms. The van der Waals surface area contributed by atoms with E-state index < -0.39 is 23.9 Å². The smallest absolute Gasteiger partial charge is 0.280 e. The van der Waals surface area contributed by atoms with Crippen LogP contribution in [0.5, 0.6) is 0 Å². The molecule has 0 aliphatic carbocycles. The van der Waals surface area contributed by atoms with Crippen LogP contribution in [-0.4, -0.2) is 36.4 Å². The third-order valence-electron chi connectivity index (χ3n) is 5.17. The number of pyridine rings is 1. The molecular formula is C23H17F2N7O2S. The maximum absolute atomic E-state index is 13.6. The molecule has 0 aliphatic heterocycles. The van der Waals surface area contributed by atoms with E-state index in [1.165, 1.54) is 16.8 Å². The average molecular weight is 493 g/mol. The molecule has 35 heavy (non-hydrogen) atoms. The van der Waals surface area contributed by atoms with E-state index in [9.17, 15) is 18.4 Å². The Kier molecular flexibility index (Phi) is 5.79. The predicted molar refractivity (Wildman–Crippen MR) is 126 cm³/mol. The number of nitrogens with one attached hydrogen (secondary N) is 1. The molecule has 0 atom stereocenters. The van der Waals surface area contributed by atoms with Gasteiger partial charge in [-0.15, -0.1) is 11.3 Å². The van der Waals surface area contributed by atoms with Gasteiger partial charge < -0.3 is 11.1 Å². The Bertz CT molecular complexity index is 1530. The second-order valence-corrected chi connectivity index (χ2v) is 8.49. The highest BCUT2D eigenvalue weighted by molar-refractivity contribution is 7.21. The van der Waals surface area contributed by atoms with Gasteiger partial charge in [0.2, 0.25) is 0 Å². The van der Waals surface area contributed by atoms with Crippen LogP contribution in [-0.2, 0) is 6.67 Å². The highest BCUT2D eigenvalue weighted by atomic mass is 32.1. The zero-order chi connectivity index (χ0) is 24.5. The molecule has 0 spiro atoms. The first kappa shape index (κ1) is 22.3. The highest BCUT2D eigenvalue weighted by Crippen LogP contribution is 2.42. The topological polar surface area (TPSA) is 121 Å². The summed E-state index contributed by atoms with van der Waals surface area (Å²) in [5.74, 6) is -1.41. The Balaban J connectivity index is 1.59. The Labute approximate surface area is 200 Å². The fourth-order valence-corrected chi connectivity index (χ4v) is 4.65. The van der Waals surface area contributed by atoms with E-state index in [1.807, 2.05) is 0 Å². The van der Waals surface area contributed by atoms with Gasteiger partial charge in [0, 0.05) is 24.0 Å². The Morgan fingerprint density at radius 1 is 1.09 bits per heavy atom. The van der Waals surface area contributed by atoms with Crippen molar-refractivity contribution in [1.29, 1.82) is 0 Å². The number of benzene rings is 1. The van der Waals surface area contributed by atoms with Gasteiger partial charge in [0.05, 0.1) is 5.69 Å². The largest absolute Gasteiger partial charge is 0.365 e. The zero-order valence-electron chi connectivity index (χ0n) is 17.9. The standard InChI is InChI=1S/C23H17F2N7O2S/c24-20(25)16-11-14(13-5-2-1-3-6-13)17-18(19(21(26)33)35-23(17)28-16)29-22(34)15-7-10-32(30-15)12-31-9-4-8-27-31/h1-11,20H,12H2,(H2,26,33)(H,29,34). The van der Waals surface area contributed by atoms with Gasteiger partial charge in [-0.1, -0.05) is 30.3 Å². The number of aromatic nitrogens is 5. The van der Waals surface area contributed by atoms with Crippen molar-refractivity contribution in [3.63, 3.8) is 0 Å². The first-order valence-electron chi connectivity index (χ1n) is 10.3. The van der Waals surface area contributed by atoms with E-state index in [2.05, 4.69) is 20.5 Å². The predicted octanol–water partition coefficient (Wildman–Crippen LogP) is 4.15. The van der Waals surface area contributed by atoms with Crippen molar-refractivity contribution in [3.05, 3.63) is 83.4 Å². The lowest BCUT2D eigenvalue weighted by molar-refractivity contribution is 0.100. The number of anilines is 1. The summed E-state index contributed by atoms with van der Waals surface area (Å²) >= 11 is 0.847. The number of thiophene rings is 1. The van der Waals surface area contributed by atoms with Crippen molar-refractivity contribution in [2.24, 2.45) is 5.73 Å². The first-order chi connectivity index (χ1) is 16.9. The molecular weight excluding hydrogens is 476 g/mol. The van der Waals surface area contributed by atoms with Crippen molar-refractivity contribution < 1.29 is 18.4 Å². The molecule has 0 unspecified atom stereocenters. The number of amides is 2. The molecule has 4 aromatic heterocycles. The average Bonchev–Trinajstić information content (AvgIpc) is 3.60. The molecule has 12 heteroatoms. The summed E-state index contributed by atoms with van der Waals surface area (Å²) in [6.07, 6.45) is 2.17. The van der Waals surface area contributed by atoms with Crippen LogP contribution >= 0.6 is 11.3 Å². The van der Waals surface area contributed by atoms with Crippen LogP contribution in [0.15, 0.2) is 67.1 Å². The fourth-order valence-electron chi connectivity index (χ4n) is 3.64. The summed E-state index contributed by atoms with van der Waals surface area (Å²) < 4.78 is 30.3. The molecule has 0 saturated carbocycles. The fraction of sp³-hybridized carbons (Fsp3) is 0.0870. The van der Waals surface area contributed by atoms with E-state index in [0.29, 0.717) is 23.2 Å². The van der Waals surface area contributed by atoms with E-state index >= 15 is 0 Å². The summed E-state index contributed by atoms with van der Waals surface area (Å²) in [5.41, 5.74) is 6.35. The highest BCUT2D eigenvalue weighted by Gasteiger charge is 2.25. The van der Waals surface area contributed by atoms with Crippen molar-refractivity contribution >= 4 is 39.1 Å². The number of alkyl halides is 2. The molecule has 5 aromatic rings. The normalized spacial score (nSPS) is 11.3. The van der Waals surface area contributed by atoms with E-state index in [4.69, 9.17) is 5.73 Å². The lowest BCUT2D eigenvalue weighted by Gasteiger charge is -2.10. The number of primary amides is 1. The molecule has 0 radical (unpaired) electrons. The molecule has 3 N–H and O–H groups in total. The maximum Gasteiger partial charge on any atom is 0.280 e. The van der Waals surface area contributed by atoms with E-state index in [0.717, 1.165) is 11.3 Å². The van der Waals surface area contributed by atoms with Crippen LogP contribution < -0.4 is 11.1 Å². The molecule has 176 valence electrons. The SMILES string of the molecule is NC(=O)c1sc2nc(C(F)F)cc(-c3ccccc3)c2c1NC(=O)c1ccn(Cn2cccn2)n1. The number of nitrogens with zero attached hydrogens (tertiary/aromatic N) is 5. The minimum Gasteiger partial charge on any atom is -0.365 e. The zero-order valence-corrected chi connectivity index (χ0v) is 18.7. The minimum absolute atomic E-state index is 0.000390. The Morgan fingerprint density at radius 2 is 1.89 bits per heavy atom. The van der Waals surface area contributed by atoms with E-state index in [1.54, 1.807) is 59.7 Å². The second-order valence-electron chi connectivity index (χ2n) is 7.49. The molecule has 0 fully saturated rings. The van der Waals surface area contributed by atoms with Gasteiger partial charge in [-0.3, -0.25) is 19.0 Å². The number of carbonyl (C=O) groups excluding carboxylic acids is 2. The van der Waals surface area contributed by atoms with Crippen molar-refractivity contribution in [2.45, 2.75) is 13.1 Å². The van der Waals surface area contributed by atoms with Gasteiger partial charge >= 0.3 is 0 Å². The minimum atomic E-state index is -2.82. The second kappa shape index (κ2) is 9.06. The van der Waals surface area contributed by atoms with Gasteiger partial charge in [-0.25, -0.2) is 13.8 Å². The number of carbonyl (C=O) groups is 2. The quantitative estimate of drug-likeness (QED) is 0.353. The third kappa shape index (κ3) is 4.38. The van der Waals surface area contributed by atoms with Crippen LogP contribution in [0.2, 0.25) is 0 Å². The molecule has 1 aromatic carbocycles. The van der Waals surface area contributed by atoms with Crippen molar-refractivity contribution in [2.75, 3.05) is 5.32 Å². The monoisotopic (exact) mass is 493 g/mol. The molecule has 5 rings (SSSR count). The maximum atomic E-state index is 13.6.